The molecule has 0 radical (unpaired) electrons. The summed E-state index contributed by atoms with van der Waals surface area (Å²) in [5.74, 6) is 0. The van der Waals surface area contributed by atoms with Gasteiger partial charge in [-0.15, -0.1) is 11.3 Å². The van der Waals surface area contributed by atoms with Crippen molar-refractivity contribution in [3.8, 4) is 11.3 Å². The standard InChI is InChI=1S/C19H20N2S/c1-13-10-14(2)18(15(3)11-13)20-19-21(4)17(12-22-19)16-8-6-5-7-9-16/h5-12H,1-4H3. The highest BCUT2D eigenvalue weighted by Gasteiger charge is 2.06. The first-order chi connectivity index (χ1) is 10.6. The molecule has 0 aliphatic rings. The van der Waals surface area contributed by atoms with Gasteiger partial charge in [-0.2, -0.15) is 0 Å². The highest BCUT2D eigenvalue weighted by Crippen LogP contribution is 2.25. The van der Waals surface area contributed by atoms with Crippen molar-refractivity contribution in [1.82, 2.24) is 4.57 Å². The molecule has 3 heteroatoms. The lowest BCUT2D eigenvalue weighted by Gasteiger charge is -2.07. The first kappa shape index (κ1) is 14.8. The van der Waals surface area contributed by atoms with Gasteiger partial charge in [0.05, 0.1) is 11.4 Å². The summed E-state index contributed by atoms with van der Waals surface area (Å²) in [5, 5.41) is 2.17. The van der Waals surface area contributed by atoms with E-state index in [1.54, 1.807) is 11.3 Å². The van der Waals surface area contributed by atoms with Gasteiger partial charge in [0.25, 0.3) is 0 Å². The van der Waals surface area contributed by atoms with Crippen LogP contribution in [-0.2, 0) is 7.05 Å². The van der Waals surface area contributed by atoms with Crippen molar-refractivity contribution in [2.75, 3.05) is 0 Å². The molecule has 0 fully saturated rings. The molecule has 0 saturated heterocycles. The number of thiazole rings is 1. The van der Waals surface area contributed by atoms with Gasteiger partial charge >= 0.3 is 0 Å². The summed E-state index contributed by atoms with van der Waals surface area (Å²) in [6.45, 7) is 6.39. The summed E-state index contributed by atoms with van der Waals surface area (Å²) in [4.78, 5) is 5.93. The summed E-state index contributed by atoms with van der Waals surface area (Å²) in [6, 6.07) is 14.8. The van der Waals surface area contributed by atoms with Crippen LogP contribution in [0.2, 0.25) is 0 Å². The molecule has 3 rings (SSSR count). The first-order valence-corrected chi connectivity index (χ1v) is 8.27. The Morgan fingerprint density at radius 3 is 2.23 bits per heavy atom. The van der Waals surface area contributed by atoms with Gasteiger partial charge in [-0.1, -0.05) is 48.0 Å². The Balaban J connectivity index is 2.13. The Labute approximate surface area is 135 Å². The summed E-state index contributed by atoms with van der Waals surface area (Å²) < 4.78 is 2.17. The van der Waals surface area contributed by atoms with Crippen molar-refractivity contribution in [2.24, 2.45) is 12.0 Å². The van der Waals surface area contributed by atoms with Gasteiger partial charge in [0, 0.05) is 12.4 Å². The molecule has 3 aromatic rings. The van der Waals surface area contributed by atoms with Crippen molar-refractivity contribution < 1.29 is 0 Å². The van der Waals surface area contributed by atoms with Crippen molar-refractivity contribution in [3.63, 3.8) is 0 Å². The second-order valence-corrected chi connectivity index (χ2v) is 6.52. The third-order valence-electron chi connectivity index (χ3n) is 3.84. The normalized spacial score (nSPS) is 11.9. The van der Waals surface area contributed by atoms with Crippen LogP contribution in [0.4, 0.5) is 5.69 Å². The number of hydrogen-bond donors (Lipinski definition) is 0. The molecular formula is C19H20N2S. The van der Waals surface area contributed by atoms with Crippen LogP contribution in [0.5, 0.6) is 0 Å². The van der Waals surface area contributed by atoms with Crippen molar-refractivity contribution in [2.45, 2.75) is 20.8 Å². The van der Waals surface area contributed by atoms with Gasteiger partial charge in [0.1, 0.15) is 0 Å². The van der Waals surface area contributed by atoms with E-state index in [4.69, 9.17) is 4.99 Å². The smallest absolute Gasteiger partial charge is 0.190 e. The third-order valence-corrected chi connectivity index (χ3v) is 4.75. The fraction of sp³-hybridized carbons (Fsp3) is 0.211. The van der Waals surface area contributed by atoms with E-state index in [1.807, 2.05) is 6.07 Å². The van der Waals surface area contributed by atoms with E-state index < -0.39 is 0 Å². The Kier molecular flexibility index (Phi) is 3.99. The summed E-state index contributed by atoms with van der Waals surface area (Å²) >= 11 is 1.68. The zero-order valence-electron chi connectivity index (χ0n) is 13.4. The number of nitrogens with zero attached hydrogens (tertiary/aromatic N) is 2. The predicted molar refractivity (Wildman–Crippen MR) is 94.6 cm³/mol. The molecule has 0 spiro atoms. The summed E-state index contributed by atoms with van der Waals surface area (Å²) in [7, 11) is 2.08. The quantitative estimate of drug-likeness (QED) is 0.640. The maximum atomic E-state index is 4.91. The molecule has 0 aliphatic heterocycles. The fourth-order valence-electron chi connectivity index (χ4n) is 2.79. The molecule has 0 atom stereocenters. The van der Waals surface area contributed by atoms with E-state index in [0.29, 0.717) is 0 Å². The van der Waals surface area contributed by atoms with Gasteiger partial charge in [-0.25, -0.2) is 4.99 Å². The van der Waals surface area contributed by atoms with Crippen LogP contribution in [0.25, 0.3) is 11.3 Å². The van der Waals surface area contributed by atoms with E-state index in [1.165, 1.54) is 27.9 Å². The number of benzene rings is 2. The summed E-state index contributed by atoms with van der Waals surface area (Å²) in [6.07, 6.45) is 0. The Hall–Kier alpha value is -2.13. The van der Waals surface area contributed by atoms with Crippen LogP contribution in [-0.4, -0.2) is 4.57 Å². The maximum absolute atomic E-state index is 4.91. The fourth-order valence-corrected chi connectivity index (χ4v) is 3.70. The van der Waals surface area contributed by atoms with Crippen LogP contribution < -0.4 is 4.80 Å². The molecule has 0 amide bonds. The van der Waals surface area contributed by atoms with E-state index in [0.717, 1.165) is 10.5 Å². The molecule has 0 N–H and O–H groups in total. The topological polar surface area (TPSA) is 17.3 Å². The van der Waals surface area contributed by atoms with Crippen LogP contribution in [0.15, 0.2) is 52.8 Å². The van der Waals surface area contributed by atoms with Crippen LogP contribution in [0.3, 0.4) is 0 Å². The van der Waals surface area contributed by atoms with Gasteiger partial charge in [-0.05, 0) is 37.5 Å². The van der Waals surface area contributed by atoms with Gasteiger partial charge in [0.2, 0.25) is 0 Å². The van der Waals surface area contributed by atoms with Gasteiger partial charge in [0.15, 0.2) is 4.80 Å². The molecule has 112 valence electrons. The minimum Gasteiger partial charge on any atom is -0.320 e. The van der Waals surface area contributed by atoms with Crippen molar-refractivity contribution in [3.05, 3.63) is 69.3 Å². The monoisotopic (exact) mass is 308 g/mol. The lowest BCUT2D eigenvalue weighted by Crippen LogP contribution is -2.11. The minimum absolute atomic E-state index is 1.02. The van der Waals surface area contributed by atoms with Crippen molar-refractivity contribution >= 4 is 17.0 Å². The molecule has 2 nitrogen and oxygen atoms in total. The highest BCUT2D eigenvalue weighted by molar-refractivity contribution is 7.07. The average molecular weight is 308 g/mol. The largest absolute Gasteiger partial charge is 0.320 e. The molecular weight excluding hydrogens is 288 g/mol. The van der Waals surface area contributed by atoms with Gasteiger partial charge in [-0.3, -0.25) is 0 Å². The molecule has 22 heavy (non-hydrogen) atoms. The van der Waals surface area contributed by atoms with Gasteiger partial charge < -0.3 is 4.57 Å². The Morgan fingerprint density at radius 2 is 1.59 bits per heavy atom. The number of aryl methyl sites for hydroxylation is 3. The van der Waals surface area contributed by atoms with E-state index in [9.17, 15) is 0 Å². The van der Waals surface area contributed by atoms with Crippen LogP contribution in [0.1, 0.15) is 16.7 Å². The van der Waals surface area contributed by atoms with Crippen LogP contribution >= 0.6 is 11.3 Å². The molecule has 0 bridgehead atoms. The predicted octanol–water partition coefficient (Wildman–Crippen LogP) is 4.91. The number of rotatable bonds is 2. The average Bonchev–Trinajstić information content (AvgIpc) is 2.85. The maximum Gasteiger partial charge on any atom is 0.190 e. The molecule has 0 unspecified atom stereocenters. The number of hydrogen-bond acceptors (Lipinski definition) is 2. The lowest BCUT2D eigenvalue weighted by atomic mass is 10.1. The Morgan fingerprint density at radius 1 is 0.955 bits per heavy atom. The highest BCUT2D eigenvalue weighted by atomic mass is 32.1. The Bertz CT molecular complexity index is 847. The molecule has 2 aromatic carbocycles. The zero-order valence-corrected chi connectivity index (χ0v) is 14.2. The second kappa shape index (κ2) is 5.93. The van der Waals surface area contributed by atoms with E-state index in [2.05, 4.69) is 74.2 Å². The molecule has 1 heterocycles. The molecule has 0 aliphatic carbocycles. The number of aromatic nitrogens is 1. The first-order valence-electron chi connectivity index (χ1n) is 7.39. The SMILES string of the molecule is Cc1cc(C)c(N=c2scc(-c3ccccc3)n2C)c(C)c1. The van der Waals surface area contributed by atoms with E-state index in [-0.39, 0.29) is 0 Å². The van der Waals surface area contributed by atoms with Crippen LogP contribution in [0, 0.1) is 20.8 Å². The molecule has 0 saturated carbocycles. The minimum atomic E-state index is 1.02. The second-order valence-electron chi connectivity index (χ2n) is 5.69. The summed E-state index contributed by atoms with van der Waals surface area (Å²) in [5.41, 5.74) is 7.25. The zero-order chi connectivity index (χ0) is 15.7. The molecule has 1 aromatic heterocycles. The van der Waals surface area contributed by atoms with Crippen molar-refractivity contribution in [1.29, 1.82) is 0 Å². The lowest BCUT2D eigenvalue weighted by molar-refractivity contribution is 0.882. The van der Waals surface area contributed by atoms with E-state index >= 15 is 0 Å². The third kappa shape index (κ3) is 2.77.